The molecular weight excluding hydrogens is 432 g/mol. The first-order valence-electron chi connectivity index (χ1n) is 10.5. The molecule has 1 N–H and O–H groups in total. The quantitative estimate of drug-likeness (QED) is 0.642. The SMILES string of the molecule is Cc1cc(C(=O)N2CCc3c(nc(N4CCOCC4)nc3Nc3ccc(Cl)cc3)C2)no1. The van der Waals surface area contributed by atoms with Gasteiger partial charge >= 0.3 is 0 Å². The third kappa shape index (κ3) is 4.26. The molecule has 0 unspecified atom stereocenters. The molecule has 0 radical (unpaired) electrons. The molecule has 32 heavy (non-hydrogen) atoms. The van der Waals surface area contributed by atoms with Crippen molar-refractivity contribution in [2.75, 3.05) is 43.1 Å². The van der Waals surface area contributed by atoms with Crippen LogP contribution < -0.4 is 10.2 Å². The number of nitrogens with one attached hydrogen (secondary N) is 1. The van der Waals surface area contributed by atoms with Gasteiger partial charge in [-0.3, -0.25) is 4.79 Å². The van der Waals surface area contributed by atoms with E-state index in [0.717, 1.165) is 35.9 Å². The lowest BCUT2D eigenvalue weighted by molar-refractivity contribution is 0.0721. The first-order chi connectivity index (χ1) is 15.6. The van der Waals surface area contributed by atoms with Gasteiger partial charge < -0.3 is 24.4 Å². The number of amides is 1. The summed E-state index contributed by atoms with van der Waals surface area (Å²) in [7, 11) is 0. The summed E-state index contributed by atoms with van der Waals surface area (Å²) < 4.78 is 10.6. The average molecular weight is 455 g/mol. The summed E-state index contributed by atoms with van der Waals surface area (Å²) in [6.45, 7) is 5.42. The van der Waals surface area contributed by atoms with Crippen molar-refractivity contribution in [3.63, 3.8) is 0 Å². The summed E-state index contributed by atoms with van der Waals surface area (Å²) in [5.74, 6) is 1.83. The van der Waals surface area contributed by atoms with E-state index < -0.39 is 0 Å². The van der Waals surface area contributed by atoms with Gasteiger partial charge in [-0.2, -0.15) is 4.98 Å². The lowest BCUT2D eigenvalue weighted by Gasteiger charge is -2.32. The topological polar surface area (TPSA) is 96.6 Å². The number of halogens is 1. The molecule has 2 aliphatic rings. The Morgan fingerprint density at radius 2 is 1.91 bits per heavy atom. The molecule has 0 bridgehead atoms. The highest BCUT2D eigenvalue weighted by molar-refractivity contribution is 6.30. The number of hydrogen-bond donors (Lipinski definition) is 1. The van der Waals surface area contributed by atoms with Crippen molar-refractivity contribution < 1.29 is 14.1 Å². The van der Waals surface area contributed by atoms with Crippen molar-refractivity contribution in [1.82, 2.24) is 20.0 Å². The van der Waals surface area contributed by atoms with Crippen molar-refractivity contribution in [2.24, 2.45) is 0 Å². The number of aromatic nitrogens is 3. The smallest absolute Gasteiger partial charge is 0.276 e. The summed E-state index contributed by atoms with van der Waals surface area (Å²) >= 11 is 6.03. The summed E-state index contributed by atoms with van der Waals surface area (Å²) in [6.07, 6.45) is 0.636. The van der Waals surface area contributed by atoms with E-state index in [2.05, 4.69) is 15.4 Å². The summed E-state index contributed by atoms with van der Waals surface area (Å²) in [5, 5.41) is 7.97. The molecule has 1 saturated heterocycles. The number of carbonyl (C=O) groups excluding carboxylic acids is 1. The molecule has 2 aromatic heterocycles. The molecule has 0 spiro atoms. The van der Waals surface area contributed by atoms with Gasteiger partial charge in [-0.15, -0.1) is 0 Å². The molecule has 0 atom stereocenters. The van der Waals surface area contributed by atoms with E-state index in [1.54, 1.807) is 17.9 Å². The second-order valence-corrected chi connectivity index (χ2v) is 8.26. The normalized spacial score (nSPS) is 16.1. The summed E-state index contributed by atoms with van der Waals surface area (Å²) in [4.78, 5) is 26.5. The molecule has 4 heterocycles. The zero-order valence-corrected chi connectivity index (χ0v) is 18.4. The van der Waals surface area contributed by atoms with E-state index in [4.69, 9.17) is 30.8 Å². The van der Waals surface area contributed by atoms with E-state index >= 15 is 0 Å². The highest BCUT2D eigenvalue weighted by Crippen LogP contribution is 2.30. The second-order valence-electron chi connectivity index (χ2n) is 7.83. The number of carbonyl (C=O) groups is 1. The number of ether oxygens (including phenoxy) is 1. The fourth-order valence-electron chi connectivity index (χ4n) is 3.90. The Bertz CT molecular complexity index is 1130. The van der Waals surface area contributed by atoms with Crippen LogP contribution in [-0.4, -0.2) is 58.8 Å². The van der Waals surface area contributed by atoms with E-state index in [1.807, 2.05) is 24.3 Å². The number of anilines is 3. The first kappa shape index (κ1) is 20.7. The van der Waals surface area contributed by atoms with Crippen molar-refractivity contribution in [1.29, 1.82) is 0 Å². The molecular formula is C22H23ClN6O3. The molecule has 0 aliphatic carbocycles. The standard InChI is InChI=1S/C22H23ClN6O3/c1-14-12-18(27-32-14)21(30)29-7-6-17-19(13-29)25-22(28-8-10-31-11-9-28)26-20(17)24-16-4-2-15(23)3-5-16/h2-5,12H,6-11,13H2,1H3,(H,24,25,26). The third-order valence-corrected chi connectivity index (χ3v) is 5.84. The third-order valence-electron chi connectivity index (χ3n) is 5.59. The lowest BCUT2D eigenvalue weighted by atomic mass is 10.0. The number of nitrogens with zero attached hydrogens (tertiary/aromatic N) is 5. The number of morpholine rings is 1. The van der Waals surface area contributed by atoms with Crippen LogP contribution in [0.25, 0.3) is 0 Å². The van der Waals surface area contributed by atoms with Crippen LogP contribution in [-0.2, 0) is 17.7 Å². The van der Waals surface area contributed by atoms with Gasteiger partial charge in [0, 0.05) is 42.0 Å². The van der Waals surface area contributed by atoms with Crippen LogP contribution in [0.4, 0.5) is 17.5 Å². The Kier molecular flexibility index (Phi) is 5.67. The fraction of sp³-hybridized carbons (Fsp3) is 0.364. The van der Waals surface area contributed by atoms with Gasteiger partial charge in [0.05, 0.1) is 25.5 Å². The van der Waals surface area contributed by atoms with Crippen LogP contribution in [0.5, 0.6) is 0 Å². The maximum absolute atomic E-state index is 12.9. The molecule has 9 nitrogen and oxygen atoms in total. The molecule has 5 rings (SSSR count). The summed E-state index contributed by atoms with van der Waals surface area (Å²) in [5.41, 5.74) is 3.04. The average Bonchev–Trinajstić information content (AvgIpc) is 3.26. The minimum Gasteiger partial charge on any atom is -0.378 e. The van der Waals surface area contributed by atoms with Gasteiger partial charge in [0.25, 0.3) is 5.91 Å². The molecule has 2 aliphatic heterocycles. The number of rotatable bonds is 4. The predicted octanol–water partition coefficient (Wildman–Crippen LogP) is 3.21. The van der Waals surface area contributed by atoms with Gasteiger partial charge in [0.2, 0.25) is 5.95 Å². The fourth-order valence-corrected chi connectivity index (χ4v) is 4.02. The van der Waals surface area contributed by atoms with Crippen LogP contribution >= 0.6 is 11.6 Å². The molecule has 166 valence electrons. The monoisotopic (exact) mass is 454 g/mol. The van der Waals surface area contributed by atoms with E-state index in [-0.39, 0.29) is 5.91 Å². The zero-order valence-electron chi connectivity index (χ0n) is 17.7. The van der Waals surface area contributed by atoms with E-state index in [9.17, 15) is 4.79 Å². The number of aryl methyl sites for hydroxylation is 1. The van der Waals surface area contributed by atoms with Crippen LogP contribution in [0.15, 0.2) is 34.9 Å². The van der Waals surface area contributed by atoms with Gasteiger partial charge in [0.15, 0.2) is 5.69 Å². The van der Waals surface area contributed by atoms with Crippen LogP contribution in [0.3, 0.4) is 0 Å². The largest absolute Gasteiger partial charge is 0.378 e. The molecule has 1 fully saturated rings. The van der Waals surface area contributed by atoms with Gasteiger partial charge in [-0.1, -0.05) is 16.8 Å². The Morgan fingerprint density at radius 3 is 2.62 bits per heavy atom. The van der Waals surface area contributed by atoms with Crippen LogP contribution in [0.1, 0.15) is 27.5 Å². The molecule has 1 amide bonds. The number of benzene rings is 1. The minimum atomic E-state index is -0.161. The first-order valence-corrected chi connectivity index (χ1v) is 10.9. The Labute approximate surface area is 190 Å². The molecule has 3 aromatic rings. The van der Waals surface area contributed by atoms with Gasteiger partial charge in [-0.25, -0.2) is 4.98 Å². The minimum absolute atomic E-state index is 0.161. The zero-order chi connectivity index (χ0) is 22.1. The lowest BCUT2D eigenvalue weighted by Crippen LogP contribution is -2.40. The maximum atomic E-state index is 12.9. The number of hydrogen-bond acceptors (Lipinski definition) is 8. The maximum Gasteiger partial charge on any atom is 0.276 e. The van der Waals surface area contributed by atoms with Crippen LogP contribution in [0.2, 0.25) is 5.02 Å². The predicted molar refractivity (Wildman–Crippen MR) is 119 cm³/mol. The Hall–Kier alpha value is -3.17. The van der Waals surface area contributed by atoms with Gasteiger partial charge in [-0.05, 0) is 37.6 Å². The van der Waals surface area contributed by atoms with E-state index in [1.165, 1.54) is 0 Å². The van der Waals surface area contributed by atoms with Crippen molar-refractivity contribution in [2.45, 2.75) is 19.9 Å². The van der Waals surface area contributed by atoms with Crippen molar-refractivity contribution >= 4 is 35.0 Å². The highest BCUT2D eigenvalue weighted by atomic mass is 35.5. The van der Waals surface area contributed by atoms with Gasteiger partial charge in [0.1, 0.15) is 11.6 Å². The second kappa shape index (κ2) is 8.76. The molecule has 1 aromatic carbocycles. The van der Waals surface area contributed by atoms with Crippen molar-refractivity contribution in [3.05, 3.63) is 58.1 Å². The highest BCUT2D eigenvalue weighted by Gasteiger charge is 2.28. The van der Waals surface area contributed by atoms with Crippen LogP contribution in [0, 0.1) is 6.92 Å². The molecule has 10 heteroatoms. The Balaban J connectivity index is 1.47. The van der Waals surface area contributed by atoms with E-state index in [0.29, 0.717) is 55.1 Å². The van der Waals surface area contributed by atoms with Crippen molar-refractivity contribution in [3.8, 4) is 0 Å². The number of fused-ring (bicyclic) bond motifs is 1. The Morgan fingerprint density at radius 1 is 1.12 bits per heavy atom. The summed E-state index contributed by atoms with van der Waals surface area (Å²) in [6, 6.07) is 9.15. The molecule has 0 saturated carbocycles.